The van der Waals surface area contributed by atoms with Crippen LogP contribution in [0.5, 0.6) is 0 Å². The first-order chi connectivity index (χ1) is 11.6. The van der Waals surface area contributed by atoms with Crippen LogP contribution in [0.25, 0.3) is 22.4 Å². The summed E-state index contributed by atoms with van der Waals surface area (Å²) in [6, 6.07) is 14.3. The highest BCUT2D eigenvalue weighted by atomic mass is 16.4. The van der Waals surface area contributed by atoms with E-state index in [-0.39, 0.29) is 0 Å². The van der Waals surface area contributed by atoms with E-state index in [1.165, 1.54) is 0 Å². The highest BCUT2D eigenvalue weighted by Crippen LogP contribution is 2.27. The van der Waals surface area contributed by atoms with Crippen molar-refractivity contribution in [3.05, 3.63) is 48.0 Å². The minimum absolute atomic E-state index is 0.580. The van der Waals surface area contributed by atoms with Gasteiger partial charge < -0.3 is 15.1 Å². The molecule has 5 heteroatoms. The number of nitrogens with zero attached hydrogens (tertiary/aromatic N) is 3. The lowest BCUT2D eigenvalue weighted by molar-refractivity contribution is 0.317. The summed E-state index contributed by atoms with van der Waals surface area (Å²) in [6.45, 7) is 4.09. The number of oxime groups is 1. The second kappa shape index (κ2) is 6.74. The minimum Gasteiger partial charge on any atom is -0.409 e. The molecule has 1 heterocycles. The first-order valence-corrected chi connectivity index (χ1v) is 8.14. The first-order valence-electron chi connectivity index (χ1n) is 8.14. The monoisotopic (exact) mass is 322 g/mol. The van der Waals surface area contributed by atoms with E-state index < -0.39 is 0 Å². The van der Waals surface area contributed by atoms with Crippen molar-refractivity contribution in [2.45, 2.75) is 26.7 Å². The van der Waals surface area contributed by atoms with Crippen molar-refractivity contribution >= 4 is 22.6 Å². The molecule has 24 heavy (non-hydrogen) atoms. The number of aromatic nitrogens is 2. The maximum Gasteiger partial charge on any atom is 0.146 e. The second-order valence-electron chi connectivity index (χ2n) is 5.93. The first kappa shape index (κ1) is 16.1. The Hall–Kier alpha value is -2.82. The van der Waals surface area contributed by atoms with Gasteiger partial charge in [-0.2, -0.15) is 0 Å². The second-order valence-corrected chi connectivity index (χ2v) is 5.93. The Morgan fingerprint density at radius 1 is 1.25 bits per heavy atom. The molecule has 0 unspecified atom stereocenters. The predicted molar refractivity (Wildman–Crippen MR) is 98.6 cm³/mol. The van der Waals surface area contributed by atoms with E-state index >= 15 is 0 Å². The fourth-order valence-corrected chi connectivity index (χ4v) is 2.88. The Kier molecular flexibility index (Phi) is 4.51. The van der Waals surface area contributed by atoms with Crippen molar-refractivity contribution < 1.29 is 5.21 Å². The van der Waals surface area contributed by atoms with Crippen molar-refractivity contribution in [1.82, 2.24) is 9.55 Å². The quantitative estimate of drug-likeness (QED) is 0.321. The van der Waals surface area contributed by atoms with Crippen LogP contribution in [-0.4, -0.2) is 20.6 Å². The molecule has 3 rings (SSSR count). The zero-order valence-electron chi connectivity index (χ0n) is 14.2. The number of anilines is 1. The molecule has 0 bridgehead atoms. The molecular formula is C19H22N4O. The fourth-order valence-electron chi connectivity index (χ4n) is 2.88. The summed E-state index contributed by atoms with van der Waals surface area (Å²) >= 11 is 0. The number of para-hydroxylation sites is 2. The highest BCUT2D eigenvalue weighted by molar-refractivity contribution is 5.95. The molecule has 0 aliphatic carbocycles. The topological polar surface area (TPSA) is 62.4 Å². The van der Waals surface area contributed by atoms with E-state index in [1.54, 1.807) is 0 Å². The minimum atomic E-state index is 0.580. The molecule has 1 aromatic heterocycles. The number of fused-ring (bicyclic) bond motifs is 1. The normalized spacial score (nSPS) is 11.9. The Balaban J connectivity index is 1.95. The summed E-state index contributed by atoms with van der Waals surface area (Å²) in [5, 5.41) is 15.6. The van der Waals surface area contributed by atoms with Gasteiger partial charge in [-0.3, -0.25) is 0 Å². The highest BCUT2D eigenvalue weighted by Gasteiger charge is 2.11. The van der Waals surface area contributed by atoms with Gasteiger partial charge in [0.05, 0.1) is 11.0 Å². The fraction of sp³-hybridized carbons (Fsp3) is 0.263. The maximum atomic E-state index is 9.07. The molecular weight excluding hydrogens is 300 g/mol. The van der Waals surface area contributed by atoms with E-state index in [9.17, 15) is 0 Å². The smallest absolute Gasteiger partial charge is 0.146 e. The van der Waals surface area contributed by atoms with Crippen molar-refractivity contribution in [1.29, 1.82) is 0 Å². The molecule has 0 amide bonds. The van der Waals surface area contributed by atoms with Gasteiger partial charge in [0.2, 0.25) is 0 Å². The summed E-state index contributed by atoms with van der Waals surface area (Å²) in [5.74, 6) is 1.52. The summed E-state index contributed by atoms with van der Waals surface area (Å²) < 4.78 is 2.11. The van der Waals surface area contributed by atoms with Crippen LogP contribution < -0.4 is 5.32 Å². The number of hydrogen-bond donors (Lipinski definition) is 2. The van der Waals surface area contributed by atoms with Crippen LogP contribution in [-0.2, 0) is 7.05 Å². The van der Waals surface area contributed by atoms with Crippen LogP contribution >= 0.6 is 0 Å². The van der Waals surface area contributed by atoms with Crippen LogP contribution in [0.2, 0.25) is 0 Å². The van der Waals surface area contributed by atoms with Gasteiger partial charge in [-0.05, 0) is 49.2 Å². The SMILES string of the molecule is CCC/C(=N\O)Nc1ccc(-c2nc3ccccc3n2C)cc1C. The van der Waals surface area contributed by atoms with Gasteiger partial charge in [-0.25, -0.2) is 4.98 Å². The van der Waals surface area contributed by atoms with Crippen LogP contribution in [0.1, 0.15) is 25.3 Å². The van der Waals surface area contributed by atoms with Crippen molar-refractivity contribution in [2.24, 2.45) is 12.2 Å². The lowest BCUT2D eigenvalue weighted by Crippen LogP contribution is -2.12. The average Bonchev–Trinajstić information content (AvgIpc) is 2.93. The molecule has 0 aliphatic heterocycles. The van der Waals surface area contributed by atoms with Crippen molar-refractivity contribution in [2.75, 3.05) is 5.32 Å². The van der Waals surface area contributed by atoms with Crippen LogP contribution in [0.15, 0.2) is 47.6 Å². The summed E-state index contributed by atoms with van der Waals surface area (Å²) in [7, 11) is 2.03. The number of imidazole rings is 1. The van der Waals surface area contributed by atoms with Crippen LogP contribution in [0.4, 0.5) is 5.69 Å². The van der Waals surface area contributed by atoms with Crippen LogP contribution in [0.3, 0.4) is 0 Å². The van der Waals surface area contributed by atoms with Gasteiger partial charge in [0.1, 0.15) is 11.7 Å². The van der Waals surface area contributed by atoms with Crippen molar-refractivity contribution in [3.63, 3.8) is 0 Å². The molecule has 2 aromatic carbocycles. The number of aryl methyl sites for hydroxylation is 2. The van der Waals surface area contributed by atoms with E-state index in [0.717, 1.165) is 40.1 Å². The standard InChI is InChI=1S/C19H22N4O/c1-4-7-18(22-24)20-15-11-10-14(12-13(15)2)19-21-16-8-5-6-9-17(16)23(19)3/h5-6,8-12,24H,4,7H2,1-3H3,(H,20,22). The number of nitrogens with one attached hydrogen (secondary N) is 1. The predicted octanol–water partition coefficient (Wildman–Crippen LogP) is 4.55. The molecule has 3 aromatic rings. The van der Waals surface area contributed by atoms with Gasteiger partial charge in [-0.1, -0.05) is 24.2 Å². The number of amidine groups is 1. The molecule has 0 aliphatic rings. The number of benzene rings is 2. The Labute approximate surface area is 141 Å². The zero-order valence-corrected chi connectivity index (χ0v) is 14.2. The number of rotatable bonds is 4. The van der Waals surface area contributed by atoms with E-state index in [4.69, 9.17) is 10.2 Å². The molecule has 5 nitrogen and oxygen atoms in total. The molecule has 0 fully saturated rings. The largest absolute Gasteiger partial charge is 0.409 e. The third-order valence-electron chi connectivity index (χ3n) is 4.16. The van der Waals surface area contributed by atoms with Crippen molar-refractivity contribution in [3.8, 4) is 11.4 Å². The summed E-state index contributed by atoms with van der Waals surface area (Å²) in [6.07, 6.45) is 1.63. The zero-order chi connectivity index (χ0) is 17.1. The van der Waals surface area contributed by atoms with Gasteiger partial charge in [0.25, 0.3) is 0 Å². The molecule has 0 atom stereocenters. The van der Waals surface area contributed by atoms with E-state index in [2.05, 4.69) is 34.1 Å². The van der Waals surface area contributed by atoms with E-state index in [1.807, 2.05) is 44.3 Å². The number of hydrogen-bond acceptors (Lipinski definition) is 3. The molecule has 0 saturated carbocycles. The third-order valence-corrected chi connectivity index (χ3v) is 4.16. The van der Waals surface area contributed by atoms with Gasteiger partial charge in [0.15, 0.2) is 0 Å². The molecule has 124 valence electrons. The third kappa shape index (κ3) is 2.97. The molecule has 0 saturated heterocycles. The Bertz CT molecular complexity index is 896. The molecule has 0 radical (unpaired) electrons. The maximum absolute atomic E-state index is 9.07. The van der Waals surface area contributed by atoms with Gasteiger partial charge in [-0.15, -0.1) is 0 Å². The lowest BCUT2D eigenvalue weighted by atomic mass is 10.1. The Morgan fingerprint density at radius 2 is 2.04 bits per heavy atom. The van der Waals surface area contributed by atoms with E-state index in [0.29, 0.717) is 12.3 Å². The summed E-state index contributed by atoms with van der Waals surface area (Å²) in [4.78, 5) is 4.74. The lowest BCUT2D eigenvalue weighted by Gasteiger charge is -2.12. The van der Waals surface area contributed by atoms with Crippen LogP contribution in [0, 0.1) is 6.92 Å². The molecule has 0 spiro atoms. The Morgan fingerprint density at radius 3 is 2.71 bits per heavy atom. The molecule has 2 N–H and O–H groups in total. The average molecular weight is 322 g/mol. The summed E-state index contributed by atoms with van der Waals surface area (Å²) in [5.41, 5.74) is 5.20. The van der Waals surface area contributed by atoms with Gasteiger partial charge >= 0.3 is 0 Å². The van der Waals surface area contributed by atoms with Gasteiger partial charge in [0, 0.05) is 24.7 Å².